The maximum Gasteiger partial charge on any atom is 0.0621 e. The highest BCUT2D eigenvalue weighted by atomic mass is 16.5. The molecule has 3 heteroatoms. The molecule has 3 heterocycles. The second-order valence-corrected chi connectivity index (χ2v) is 4.56. The molecule has 0 amide bonds. The number of likely N-dealkylation sites (tertiary alicyclic amines) is 1. The first-order valence-electron chi connectivity index (χ1n) is 5.50. The van der Waals surface area contributed by atoms with Gasteiger partial charge in [-0.15, -0.1) is 0 Å². The van der Waals surface area contributed by atoms with Gasteiger partial charge < -0.3 is 10.1 Å². The highest BCUT2D eigenvalue weighted by Crippen LogP contribution is 2.28. The summed E-state index contributed by atoms with van der Waals surface area (Å²) in [5.74, 6) is 0. The SMILES string of the molecule is C1COCC(N2CC3CC2CN3)C1. The van der Waals surface area contributed by atoms with Crippen molar-refractivity contribution in [2.45, 2.75) is 37.4 Å². The van der Waals surface area contributed by atoms with Crippen molar-refractivity contribution in [1.82, 2.24) is 10.2 Å². The largest absolute Gasteiger partial charge is 0.380 e. The Bertz CT molecular complexity index is 191. The van der Waals surface area contributed by atoms with Crippen molar-refractivity contribution in [1.29, 1.82) is 0 Å². The third kappa shape index (κ3) is 1.39. The second kappa shape index (κ2) is 3.23. The molecule has 3 atom stereocenters. The monoisotopic (exact) mass is 182 g/mol. The minimum Gasteiger partial charge on any atom is -0.380 e. The molecule has 3 nitrogen and oxygen atoms in total. The van der Waals surface area contributed by atoms with Crippen LogP contribution in [0.2, 0.25) is 0 Å². The van der Waals surface area contributed by atoms with Gasteiger partial charge >= 0.3 is 0 Å². The summed E-state index contributed by atoms with van der Waals surface area (Å²) in [4.78, 5) is 2.68. The van der Waals surface area contributed by atoms with Gasteiger partial charge in [-0.1, -0.05) is 0 Å². The molecular weight excluding hydrogens is 164 g/mol. The number of nitrogens with one attached hydrogen (secondary N) is 1. The maximum absolute atomic E-state index is 5.54. The second-order valence-electron chi connectivity index (χ2n) is 4.56. The fourth-order valence-electron chi connectivity index (χ4n) is 3.03. The Hall–Kier alpha value is -0.120. The highest BCUT2D eigenvalue weighted by Gasteiger charge is 2.41. The Morgan fingerprint density at radius 3 is 2.92 bits per heavy atom. The fraction of sp³-hybridized carbons (Fsp3) is 1.00. The zero-order valence-electron chi connectivity index (χ0n) is 8.04. The van der Waals surface area contributed by atoms with E-state index in [4.69, 9.17) is 4.74 Å². The molecule has 0 saturated carbocycles. The quantitative estimate of drug-likeness (QED) is 0.627. The van der Waals surface area contributed by atoms with Crippen molar-refractivity contribution < 1.29 is 4.74 Å². The summed E-state index contributed by atoms with van der Waals surface area (Å²) >= 11 is 0. The van der Waals surface area contributed by atoms with Crippen LogP contribution in [0, 0.1) is 0 Å². The third-order valence-electron chi connectivity index (χ3n) is 3.70. The highest BCUT2D eigenvalue weighted by molar-refractivity contribution is 4.99. The van der Waals surface area contributed by atoms with Gasteiger partial charge in [-0.05, 0) is 19.3 Å². The van der Waals surface area contributed by atoms with E-state index in [0.29, 0.717) is 0 Å². The fourth-order valence-corrected chi connectivity index (χ4v) is 3.03. The standard InChI is InChI=1S/C10H18N2O/c1-2-9(7-13-3-1)12-6-8-4-10(12)5-11-8/h8-11H,1-7H2. The number of fused-ring (bicyclic) bond motifs is 2. The average Bonchev–Trinajstić information content (AvgIpc) is 2.80. The normalized spacial score (nSPS) is 45.7. The average molecular weight is 182 g/mol. The van der Waals surface area contributed by atoms with Gasteiger partial charge in [0.2, 0.25) is 0 Å². The molecule has 0 aromatic carbocycles. The Morgan fingerprint density at radius 2 is 2.31 bits per heavy atom. The molecule has 0 aliphatic carbocycles. The van der Waals surface area contributed by atoms with Crippen molar-refractivity contribution in [3.8, 4) is 0 Å². The van der Waals surface area contributed by atoms with E-state index in [1.54, 1.807) is 0 Å². The molecule has 3 aliphatic heterocycles. The first-order chi connectivity index (χ1) is 6.43. The molecule has 0 aromatic heterocycles. The van der Waals surface area contributed by atoms with Crippen molar-refractivity contribution in [2.75, 3.05) is 26.3 Å². The number of piperazine rings is 1. The van der Waals surface area contributed by atoms with Gasteiger partial charge in [-0.3, -0.25) is 4.90 Å². The number of hydrogen-bond donors (Lipinski definition) is 1. The van der Waals surface area contributed by atoms with E-state index in [9.17, 15) is 0 Å². The van der Waals surface area contributed by atoms with E-state index >= 15 is 0 Å². The molecule has 3 saturated heterocycles. The van der Waals surface area contributed by atoms with Crippen LogP contribution in [0.1, 0.15) is 19.3 Å². The van der Waals surface area contributed by atoms with Crippen LogP contribution >= 0.6 is 0 Å². The summed E-state index contributed by atoms with van der Waals surface area (Å²) in [6.45, 7) is 4.43. The summed E-state index contributed by atoms with van der Waals surface area (Å²) in [7, 11) is 0. The summed E-state index contributed by atoms with van der Waals surface area (Å²) in [5.41, 5.74) is 0. The third-order valence-corrected chi connectivity index (χ3v) is 3.70. The molecule has 3 fully saturated rings. The summed E-state index contributed by atoms with van der Waals surface area (Å²) in [6, 6.07) is 2.33. The first kappa shape index (κ1) is 8.21. The van der Waals surface area contributed by atoms with Crippen LogP contribution in [-0.2, 0) is 4.74 Å². The number of ether oxygens (including phenoxy) is 1. The molecule has 0 radical (unpaired) electrons. The van der Waals surface area contributed by atoms with Gasteiger partial charge in [0.05, 0.1) is 6.61 Å². The zero-order chi connectivity index (χ0) is 8.67. The Labute approximate surface area is 79.4 Å². The minimum absolute atomic E-state index is 0.728. The van der Waals surface area contributed by atoms with Crippen LogP contribution in [0.5, 0.6) is 0 Å². The lowest BCUT2D eigenvalue weighted by atomic mass is 10.1. The molecule has 13 heavy (non-hydrogen) atoms. The van der Waals surface area contributed by atoms with Gasteiger partial charge in [0.25, 0.3) is 0 Å². The van der Waals surface area contributed by atoms with E-state index in [2.05, 4.69) is 10.2 Å². The number of nitrogens with zero attached hydrogens (tertiary/aromatic N) is 1. The van der Waals surface area contributed by atoms with Gasteiger partial charge in [-0.2, -0.15) is 0 Å². The molecule has 74 valence electrons. The van der Waals surface area contributed by atoms with E-state index in [1.807, 2.05) is 0 Å². The Balaban J connectivity index is 1.65. The van der Waals surface area contributed by atoms with Gasteiger partial charge in [0.15, 0.2) is 0 Å². The molecule has 3 rings (SSSR count). The molecule has 2 bridgehead atoms. The van der Waals surface area contributed by atoms with E-state index < -0.39 is 0 Å². The van der Waals surface area contributed by atoms with Crippen molar-refractivity contribution in [3.05, 3.63) is 0 Å². The van der Waals surface area contributed by atoms with Gasteiger partial charge in [0, 0.05) is 37.8 Å². The number of hydrogen-bond acceptors (Lipinski definition) is 3. The molecular formula is C10H18N2O. The molecule has 3 unspecified atom stereocenters. The minimum atomic E-state index is 0.728. The van der Waals surface area contributed by atoms with Gasteiger partial charge in [-0.25, -0.2) is 0 Å². The lowest BCUT2D eigenvalue weighted by Gasteiger charge is -2.37. The predicted molar refractivity (Wildman–Crippen MR) is 50.7 cm³/mol. The van der Waals surface area contributed by atoms with Crippen LogP contribution in [0.15, 0.2) is 0 Å². The summed E-state index contributed by atoms with van der Waals surface area (Å²) < 4.78 is 5.54. The van der Waals surface area contributed by atoms with Crippen molar-refractivity contribution in [2.24, 2.45) is 0 Å². The van der Waals surface area contributed by atoms with Crippen LogP contribution < -0.4 is 5.32 Å². The van der Waals surface area contributed by atoms with Crippen LogP contribution in [0.25, 0.3) is 0 Å². The van der Waals surface area contributed by atoms with Crippen LogP contribution in [-0.4, -0.2) is 49.3 Å². The van der Waals surface area contributed by atoms with Crippen molar-refractivity contribution in [3.63, 3.8) is 0 Å². The Kier molecular flexibility index (Phi) is 2.04. The summed E-state index contributed by atoms with van der Waals surface area (Å²) in [6.07, 6.45) is 3.98. The maximum atomic E-state index is 5.54. The first-order valence-corrected chi connectivity index (χ1v) is 5.50. The molecule has 3 aliphatic rings. The molecule has 0 aromatic rings. The topological polar surface area (TPSA) is 24.5 Å². The van der Waals surface area contributed by atoms with Crippen molar-refractivity contribution >= 4 is 0 Å². The molecule has 0 spiro atoms. The molecule has 1 N–H and O–H groups in total. The van der Waals surface area contributed by atoms with E-state index in [1.165, 1.54) is 32.4 Å². The lowest BCUT2D eigenvalue weighted by molar-refractivity contribution is 0.00867. The van der Waals surface area contributed by atoms with Gasteiger partial charge in [0.1, 0.15) is 0 Å². The van der Waals surface area contributed by atoms with E-state index in [-0.39, 0.29) is 0 Å². The Morgan fingerprint density at radius 1 is 1.31 bits per heavy atom. The number of rotatable bonds is 1. The zero-order valence-corrected chi connectivity index (χ0v) is 8.04. The predicted octanol–water partition coefficient (Wildman–Crippen LogP) is 0.211. The van der Waals surface area contributed by atoms with E-state index in [0.717, 1.165) is 31.3 Å². The lowest BCUT2D eigenvalue weighted by Crippen LogP contribution is -2.51. The van der Waals surface area contributed by atoms with Crippen LogP contribution in [0.3, 0.4) is 0 Å². The van der Waals surface area contributed by atoms with Crippen LogP contribution in [0.4, 0.5) is 0 Å². The summed E-state index contributed by atoms with van der Waals surface area (Å²) in [5, 5.41) is 3.54. The smallest absolute Gasteiger partial charge is 0.0621 e.